The van der Waals surface area contributed by atoms with Crippen LogP contribution in [0.2, 0.25) is 0 Å². The monoisotopic (exact) mass is 1080 g/mol. The molecule has 0 aliphatic carbocycles. The molecule has 0 aromatic heterocycles. The molecule has 2 aliphatic rings. The number of rotatable bonds is 11. The van der Waals surface area contributed by atoms with Crippen molar-refractivity contribution in [2.24, 2.45) is 0 Å². The van der Waals surface area contributed by atoms with Crippen molar-refractivity contribution in [1.29, 1.82) is 0 Å². The highest BCUT2D eigenvalue weighted by atomic mass is 15.2. The van der Waals surface area contributed by atoms with E-state index in [4.69, 9.17) is 0 Å². The second kappa shape index (κ2) is 21.6. The van der Waals surface area contributed by atoms with Gasteiger partial charge >= 0.3 is 0 Å². The first kappa shape index (κ1) is 50.1. The van der Waals surface area contributed by atoms with Crippen molar-refractivity contribution in [2.45, 2.75) is 60.3 Å². The van der Waals surface area contributed by atoms with Crippen molar-refractivity contribution in [2.75, 3.05) is 9.80 Å². The summed E-state index contributed by atoms with van der Waals surface area (Å²) in [6, 6.07) is 94.0. The summed E-state index contributed by atoms with van der Waals surface area (Å²) in [5, 5.41) is 0. The molecule has 0 fully saturated rings. The molecule has 0 saturated heterocycles. The number of para-hydroxylation sites is 2. The van der Waals surface area contributed by atoms with Crippen molar-refractivity contribution in [3.8, 4) is 77.9 Å². The number of anilines is 6. The average Bonchev–Trinajstić information content (AvgIpc) is 0.697. The summed E-state index contributed by atoms with van der Waals surface area (Å²) >= 11 is 0. The van der Waals surface area contributed by atoms with Crippen LogP contribution in [-0.2, 0) is 0 Å². The first-order valence-corrected chi connectivity index (χ1v) is 29.7. The maximum Gasteiger partial charge on any atom is 0.252 e. The molecule has 0 spiro atoms. The third-order valence-electron chi connectivity index (χ3n) is 17.5. The molecule has 0 bridgehead atoms. The standard InChI is InChI=1S/C81H67BN2/c1-52(2)62-39-42-66(71(47-62)53(3)4)63-40-43-72-74(48-63)83(80-67(58-27-15-9-16-28-58)35-23-36-68(80)59-29-17-10-18-30-59)76-50-65(57-25-13-8-14-26-57)51-77-79(76)82(72)73-44-41-64(78-55(6)45-54(5)46-56(78)7)49-75(73)84(77)81-69(60-31-19-11-20-32-60)37-24-38-70(81)61-33-21-12-22-34-61/h8-53H,1-7H3/i23D,24D. The van der Waals surface area contributed by atoms with Gasteiger partial charge in [0.05, 0.1) is 14.1 Å². The number of nitrogens with zero attached hydrogens (tertiary/aromatic N) is 2. The molecule has 0 amide bonds. The molecule has 2 heterocycles. The van der Waals surface area contributed by atoms with Crippen molar-refractivity contribution < 1.29 is 2.74 Å². The molecule has 2 nitrogen and oxygen atoms in total. The summed E-state index contributed by atoms with van der Waals surface area (Å²) < 4.78 is 19.3. The Hall–Kier alpha value is -9.70. The van der Waals surface area contributed by atoms with E-state index in [-0.39, 0.29) is 12.6 Å². The summed E-state index contributed by atoms with van der Waals surface area (Å²) in [4.78, 5) is 5.16. The van der Waals surface area contributed by atoms with Gasteiger partial charge in [-0.1, -0.05) is 276 Å². The number of fused-ring (bicyclic) bond motifs is 4. The van der Waals surface area contributed by atoms with E-state index in [9.17, 15) is 2.74 Å². The Morgan fingerprint density at radius 3 is 1.14 bits per heavy atom. The largest absolute Gasteiger partial charge is 0.310 e. The van der Waals surface area contributed by atoms with Crippen molar-refractivity contribution in [3.05, 3.63) is 295 Å². The van der Waals surface area contributed by atoms with Gasteiger partial charge in [0.15, 0.2) is 0 Å². The predicted molar refractivity (Wildman–Crippen MR) is 361 cm³/mol. The van der Waals surface area contributed by atoms with Crippen LogP contribution < -0.4 is 26.2 Å². The average molecular weight is 1080 g/mol. The number of benzene rings is 12. The van der Waals surface area contributed by atoms with Gasteiger partial charge in [-0.2, -0.15) is 0 Å². The van der Waals surface area contributed by atoms with E-state index >= 15 is 0 Å². The van der Waals surface area contributed by atoms with E-state index in [1.54, 1.807) is 0 Å². The lowest BCUT2D eigenvalue weighted by molar-refractivity contribution is 0.835. The summed E-state index contributed by atoms with van der Waals surface area (Å²) in [5.74, 6) is 0.670. The lowest BCUT2D eigenvalue weighted by atomic mass is 9.33. The number of hydrogen-bond acceptors (Lipinski definition) is 2. The van der Waals surface area contributed by atoms with E-state index < -0.39 is 0 Å². The number of aryl methyl sites for hydroxylation is 3. The Balaban J connectivity index is 1.18. The van der Waals surface area contributed by atoms with Crippen LogP contribution in [0.1, 0.15) is 70.1 Å². The highest BCUT2D eigenvalue weighted by Gasteiger charge is 2.45. The van der Waals surface area contributed by atoms with Crippen LogP contribution in [0.5, 0.6) is 0 Å². The van der Waals surface area contributed by atoms with Crippen LogP contribution in [-0.4, -0.2) is 6.71 Å². The predicted octanol–water partition coefficient (Wildman–Crippen LogP) is 20.6. The molecule has 14 rings (SSSR count). The van der Waals surface area contributed by atoms with Crippen LogP contribution in [0.25, 0.3) is 77.9 Å². The summed E-state index contributed by atoms with van der Waals surface area (Å²) in [6.07, 6.45) is 0. The van der Waals surface area contributed by atoms with Crippen LogP contribution in [0.3, 0.4) is 0 Å². The molecule has 0 radical (unpaired) electrons. The minimum absolute atomic E-state index is 0.231. The van der Waals surface area contributed by atoms with Gasteiger partial charge in [-0.15, -0.1) is 0 Å². The number of hydrogen-bond donors (Lipinski definition) is 0. The molecule has 0 N–H and O–H groups in total. The zero-order valence-electron chi connectivity index (χ0n) is 50.9. The molecule has 404 valence electrons. The van der Waals surface area contributed by atoms with Crippen LogP contribution in [0.4, 0.5) is 34.1 Å². The molecule has 12 aromatic rings. The zero-order valence-corrected chi connectivity index (χ0v) is 48.9. The van der Waals surface area contributed by atoms with Gasteiger partial charge in [0.25, 0.3) is 6.71 Å². The fourth-order valence-corrected chi connectivity index (χ4v) is 13.7. The molecule has 12 aromatic carbocycles. The third kappa shape index (κ3) is 9.07. The van der Waals surface area contributed by atoms with Gasteiger partial charge in [0.1, 0.15) is 0 Å². The Morgan fingerprint density at radius 2 is 0.726 bits per heavy atom. The topological polar surface area (TPSA) is 6.48 Å². The second-order valence-corrected chi connectivity index (χ2v) is 23.6. The van der Waals surface area contributed by atoms with Gasteiger partial charge in [0.2, 0.25) is 0 Å². The Kier molecular flexibility index (Phi) is 12.9. The smallest absolute Gasteiger partial charge is 0.252 e. The molecule has 84 heavy (non-hydrogen) atoms. The van der Waals surface area contributed by atoms with E-state index in [1.165, 1.54) is 55.3 Å². The maximum atomic E-state index is 9.66. The lowest BCUT2D eigenvalue weighted by Crippen LogP contribution is -2.61. The fourth-order valence-electron chi connectivity index (χ4n) is 13.7. The maximum absolute atomic E-state index is 9.66. The molecule has 2 aliphatic heterocycles. The summed E-state index contributed by atoms with van der Waals surface area (Å²) in [5.41, 5.74) is 31.2. The van der Waals surface area contributed by atoms with E-state index in [1.807, 2.05) is 0 Å². The van der Waals surface area contributed by atoms with Crippen molar-refractivity contribution in [3.63, 3.8) is 0 Å². The van der Waals surface area contributed by atoms with Crippen LogP contribution in [0.15, 0.2) is 267 Å². The minimum atomic E-state index is -0.231. The van der Waals surface area contributed by atoms with Gasteiger partial charge < -0.3 is 9.80 Å². The normalized spacial score (nSPS) is 12.7. The van der Waals surface area contributed by atoms with E-state index in [2.05, 4.69) is 313 Å². The Morgan fingerprint density at radius 1 is 0.333 bits per heavy atom. The van der Waals surface area contributed by atoms with Gasteiger partial charge in [-0.3, -0.25) is 0 Å². The summed E-state index contributed by atoms with van der Waals surface area (Å²) in [7, 11) is 0. The molecular formula is C81H67BN2. The Labute approximate surface area is 499 Å². The highest BCUT2D eigenvalue weighted by Crippen LogP contribution is 2.54. The van der Waals surface area contributed by atoms with E-state index in [0.717, 1.165) is 101 Å². The second-order valence-electron chi connectivity index (χ2n) is 23.6. The molecular weight excluding hydrogens is 1010 g/mol. The first-order valence-electron chi connectivity index (χ1n) is 30.7. The quantitative estimate of drug-likeness (QED) is 0.119. The SMILES string of the molecule is [2H]c1cc(-c2ccccc2)c(N2c3cc(-c4ccc(C(C)C)cc4C(C)C)ccc3B3c4ccc(-c5c(C)cc(C)cc5C)cc4N(c4c(-c5ccccc5)cc([2H])cc4-c4ccccc4)c4cc(-c5ccccc5)cc2c43)c(-c2ccccc2)c1. The van der Waals surface area contributed by atoms with Crippen molar-refractivity contribution in [1.82, 2.24) is 0 Å². The Bertz CT molecular complexity index is 4430. The van der Waals surface area contributed by atoms with Crippen LogP contribution in [0, 0.1) is 20.8 Å². The molecule has 3 heteroatoms. The fraction of sp³-hybridized carbons (Fsp3) is 0.111. The molecule has 0 atom stereocenters. The third-order valence-corrected chi connectivity index (χ3v) is 17.5. The molecule has 0 saturated carbocycles. The van der Waals surface area contributed by atoms with Gasteiger partial charge in [-0.05, 0) is 151 Å². The van der Waals surface area contributed by atoms with Crippen LogP contribution >= 0.6 is 0 Å². The van der Waals surface area contributed by atoms with E-state index in [0.29, 0.717) is 18.0 Å². The highest BCUT2D eigenvalue weighted by molar-refractivity contribution is 7.00. The lowest BCUT2D eigenvalue weighted by Gasteiger charge is -2.46. The first-order chi connectivity index (χ1) is 41.9. The summed E-state index contributed by atoms with van der Waals surface area (Å²) in [6.45, 7) is 15.7. The van der Waals surface area contributed by atoms with Gasteiger partial charge in [0, 0.05) is 45.0 Å². The van der Waals surface area contributed by atoms with Gasteiger partial charge in [-0.25, -0.2) is 0 Å². The molecule has 0 unspecified atom stereocenters. The van der Waals surface area contributed by atoms with Crippen molar-refractivity contribution >= 4 is 57.2 Å². The zero-order chi connectivity index (χ0) is 58.9. The minimum Gasteiger partial charge on any atom is -0.310 e.